The van der Waals surface area contributed by atoms with Crippen molar-refractivity contribution in [2.75, 3.05) is 20.3 Å². The van der Waals surface area contributed by atoms with Crippen LogP contribution in [-0.4, -0.2) is 39.9 Å². The number of aromatic nitrogens is 3. The molecule has 0 saturated carbocycles. The van der Waals surface area contributed by atoms with Gasteiger partial charge in [0.25, 0.3) is 0 Å². The van der Waals surface area contributed by atoms with Crippen molar-refractivity contribution in [2.24, 2.45) is 0 Å². The monoisotopic (exact) mass is 318 g/mol. The largest absolute Gasteiger partial charge is 0.383 e. The average Bonchev–Trinajstić information content (AvgIpc) is 3.26. The fraction of sp³-hybridized carbons (Fsp3) is 0.647. The van der Waals surface area contributed by atoms with Crippen LogP contribution in [0.25, 0.3) is 0 Å². The molecule has 6 heteroatoms. The van der Waals surface area contributed by atoms with E-state index in [2.05, 4.69) is 39.5 Å². The van der Waals surface area contributed by atoms with E-state index in [1.54, 1.807) is 7.11 Å². The summed E-state index contributed by atoms with van der Waals surface area (Å²) in [5, 5.41) is 4.31. The molecule has 0 N–H and O–H groups in total. The van der Waals surface area contributed by atoms with Crippen LogP contribution in [0.15, 0.2) is 23.0 Å². The lowest BCUT2D eigenvalue weighted by atomic mass is 10.1. The second-order valence-electron chi connectivity index (χ2n) is 6.47. The first-order chi connectivity index (χ1) is 11.2. The number of hydrogen-bond acceptors (Lipinski definition) is 5. The molecule has 3 rings (SSSR count). The van der Waals surface area contributed by atoms with Gasteiger partial charge in [0.2, 0.25) is 0 Å². The maximum Gasteiger partial charge on any atom is 0.139 e. The third-order valence-corrected chi connectivity index (χ3v) is 4.50. The third-order valence-electron chi connectivity index (χ3n) is 4.50. The lowest BCUT2D eigenvalue weighted by Gasteiger charge is -2.22. The van der Waals surface area contributed by atoms with Gasteiger partial charge in [-0.3, -0.25) is 4.90 Å². The number of rotatable bonds is 7. The Hall–Kier alpha value is -1.66. The molecule has 0 aliphatic carbocycles. The summed E-state index contributed by atoms with van der Waals surface area (Å²) in [7, 11) is 1.73. The first kappa shape index (κ1) is 16.2. The number of nitrogens with zero attached hydrogens (tertiary/aromatic N) is 4. The Morgan fingerprint density at radius 3 is 3.04 bits per heavy atom. The Morgan fingerprint density at radius 1 is 1.43 bits per heavy atom. The van der Waals surface area contributed by atoms with E-state index < -0.39 is 0 Å². The van der Waals surface area contributed by atoms with E-state index in [0.29, 0.717) is 18.6 Å². The summed E-state index contributed by atoms with van der Waals surface area (Å²) in [6.45, 7) is 7.71. The van der Waals surface area contributed by atoms with Crippen molar-refractivity contribution in [3.8, 4) is 0 Å². The lowest BCUT2D eigenvalue weighted by Crippen LogP contribution is -2.25. The highest BCUT2D eigenvalue weighted by atomic mass is 16.5. The maximum atomic E-state index is 5.48. The number of imidazole rings is 1. The minimum absolute atomic E-state index is 0.332. The molecule has 0 amide bonds. The van der Waals surface area contributed by atoms with E-state index in [4.69, 9.17) is 9.26 Å². The summed E-state index contributed by atoms with van der Waals surface area (Å²) in [6.07, 6.45) is 6.20. The Balaban J connectivity index is 1.70. The van der Waals surface area contributed by atoms with Crippen molar-refractivity contribution in [3.63, 3.8) is 0 Å². The third kappa shape index (κ3) is 3.64. The van der Waals surface area contributed by atoms with Crippen molar-refractivity contribution >= 4 is 0 Å². The van der Waals surface area contributed by atoms with Gasteiger partial charge in [-0.2, -0.15) is 0 Å². The molecule has 0 radical (unpaired) electrons. The molecule has 1 aliphatic rings. The quantitative estimate of drug-likeness (QED) is 0.785. The van der Waals surface area contributed by atoms with E-state index in [1.165, 1.54) is 6.42 Å². The summed E-state index contributed by atoms with van der Waals surface area (Å²) < 4.78 is 12.8. The highest BCUT2D eigenvalue weighted by Crippen LogP contribution is 2.33. The number of hydrogen-bond donors (Lipinski definition) is 0. The zero-order chi connectivity index (χ0) is 16.2. The normalized spacial score (nSPS) is 19.0. The molecule has 3 heterocycles. The standard InChI is InChI=1S/C17H26N4O2/c1-13(2)16-11-14(19-23-16)15-5-4-7-21(15)12-17-18-6-8-20(17)9-10-22-3/h6,8,11,13,15H,4-5,7,9-10,12H2,1-3H3/t15-/m1/s1. The molecule has 1 saturated heterocycles. The van der Waals surface area contributed by atoms with Crippen LogP contribution in [-0.2, 0) is 17.8 Å². The van der Waals surface area contributed by atoms with Crippen molar-refractivity contribution < 1.29 is 9.26 Å². The molecule has 23 heavy (non-hydrogen) atoms. The molecular weight excluding hydrogens is 292 g/mol. The predicted octanol–water partition coefficient (Wildman–Crippen LogP) is 2.98. The minimum atomic E-state index is 0.332. The highest BCUT2D eigenvalue weighted by molar-refractivity contribution is 5.14. The smallest absolute Gasteiger partial charge is 0.139 e. The fourth-order valence-corrected chi connectivity index (χ4v) is 3.15. The molecule has 0 bridgehead atoms. The van der Waals surface area contributed by atoms with Gasteiger partial charge in [0.15, 0.2) is 0 Å². The van der Waals surface area contributed by atoms with Gasteiger partial charge in [0.1, 0.15) is 17.3 Å². The van der Waals surface area contributed by atoms with E-state index in [1.807, 2.05) is 12.4 Å². The van der Waals surface area contributed by atoms with Crippen molar-refractivity contribution in [2.45, 2.75) is 51.7 Å². The van der Waals surface area contributed by atoms with Gasteiger partial charge >= 0.3 is 0 Å². The topological polar surface area (TPSA) is 56.3 Å². The molecule has 0 spiro atoms. The first-order valence-corrected chi connectivity index (χ1v) is 8.38. The number of methoxy groups -OCH3 is 1. The second-order valence-corrected chi connectivity index (χ2v) is 6.47. The Morgan fingerprint density at radius 2 is 2.30 bits per heavy atom. The Bertz CT molecular complexity index is 620. The summed E-state index contributed by atoms with van der Waals surface area (Å²) in [5.74, 6) is 2.43. The Kier molecular flexibility index (Phi) is 5.13. The molecule has 1 atom stereocenters. The summed E-state index contributed by atoms with van der Waals surface area (Å²) in [5.41, 5.74) is 1.06. The molecule has 1 fully saturated rings. The molecule has 126 valence electrons. The van der Waals surface area contributed by atoms with Crippen LogP contribution in [0.1, 0.15) is 55.9 Å². The van der Waals surface area contributed by atoms with Crippen molar-refractivity contribution in [1.82, 2.24) is 19.6 Å². The zero-order valence-corrected chi connectivity index (χ0v) is 14.2. The number of likely N-dealkylation sites (tertiary alicyclic amines) is 1. The molecule has 0 aromatic carbocycles. The maximum absolute atomic E-state index is 5.48. The van der Waals surface area contributed by atoms with Crippen LogP contribution in [0.5, 0.6) is 0 Å². The highest BCUT2D eigenvalue weighted by Gasteiger charge is 2.29. The van der Waals surface area contributed by atoms with Gasteiger partial charge in [-0.05, 0) is 19.4 Å². The molecular formula is C17H26N4O2. The molecule has 0 unspecified atom stereocenters. The molecule has 1 aliphatic heterocycles. The van der Waals surface area contributed by atoms with Crippen LogP contribution < -0.4 is 0 Å². The van der Waals surface area contributed by atoms with Gasteiger partial charge < -0.3 is 13.8 Å². The second kappa shape index (κ2) is 7.27. The summed E-state index contributed by atoms with van der Waals surface area (Å²) in [6, 6.07) is 2.45. The van der Waals surface area contributed by atoms with E-state index in [9.17, 15) is 0 Å². The predicted molar refractivity (Wildman–Crippen MR) is 87.1 cm³/mol. The van der Waals surface area contributed by atoms with Crippen LogP contribution >= 0.6 is 0 Å². The van der Waals surface area contributed by atoms with E-state index >= 15 is 0 Å². The number of ether oxygens (including phenoxy) is 1. The lowest BCUT2D eigenvalue weighted by molar-refractivity contribution is 0.182. The molecule has 2 aromatic rings. The van der Waals surface area contributed by atoms with Crippen LogP contribution in [0, 0.1) is 0 Å². The Labute approximate surface area is 137 Å². The van der Waals surface area contributed by atoms with Gasteiger partial charge in [-0.1, -0.05) is 19.0 Å². The summed E-state index contributed by atoms with van der Waals surface area (Å²) in [4.78, 5) is 6.97. The summed E-state index contributed by atoms with van der Waals surface area (Å²) >= 11 is 0. The average molecular weight is 318 g/mol. The van der Waals surface area contributed by atoms with E-state index in [-0.39, 0.29) is 0 Å². The van der Waals surface area contributed by atoms with Gasteiger partial charge in [0, 0.05) is 38.0 Å². The van der Waals surface area contributed by atoms with Gasteiger partial charge in [0.05, 0.1) is 19.2 Å². The van der Waals surface area contributed by atoms with Crippen LogP contribution in [0.4, 0.5) is 0 Å². The first-order valence-electron chi connectivity index (χ1n) is 8.38. The minimum Gasteiger partial charge on any atom is -0.383 e. The fourth-order valence-electron chi connectivity index (χ4n) is 3.15. The SMILES string of the molecule is COCCn1ccnc1CN1CCC[C@@H]1c1cc(C(C)C)on1. The zero-order valence-electron chi connectivity index (χ0n) is 14.2. The molecule has 2 aromatic heterocycles. The van der Waals surface area contributed by atoms with Gasteiger partial charge in [-0.25, -0.2) is 4.98 Å². The van der Waals surface area contributed by atoms with Crippen LogP contribution in [0.2, 0.25) is 0 Å². The van der Waals surface area contributed by atoms with Crippen molar-refractivity contribution in [3.05, 3.63) is 35.7 Å². The molecule has 6 nitrogen and oxygen atoms in total. The van der Waals surface area contributed by atoms with Crippen molar-refractivity contribution in [1.29, 1.82) is 0 Å². The van der Waals surface area contributed by atoms with E-state index in [0.717, 1.165) is 43.3 Å². The van der Waals surface area contributed by atoms with Crippen LogP contribution in [0.3, 0.4) is 0 Å². The van der Waals surface area contributed by atoms with Gasteiger partial charge in [-0.15, -0.1) is 0 Å².